The number of hydrogen-bond donors (Lipinski definition) is 1. The lowest BCUT2D eigenvalue weighted by Crippen LogP contribution is -2.28. The van der Waals surface area contributed by atoms with Gasteiger partial charge in [-0.15, -0.1) is 0 Å². The monoisotopic (exact) mass is 198 g/mol. The van der Waals surface area contributed by atoms with Crippen molar-refractivity contribution >= 4 is 0 Å². The van der Waals surface area contributed by atoms with Gasteiger partial charge in [0.25, 0.3) is 0 Å². The van der Waals surface area contributed by atoms with Gasteiger partial charge in [-0.25, -0.2) is 4.79 Å². The first-order valence-electron chi connectivity index (χ1n) is 5.12. The van der Waals surface area contributed by atoms with Crippen molar-refractivity contribution in [3.05, 3.63) is 22.9 Å². The topological polar surface area (TPSA) is 47.2 Å². The van der Waals surface area contributed by atoms with E-state index in [1.165, 1.54) is 0 Å². The van der Waals surface area contributed by atoms with Gasteiger partial charge in [0.1, 0.15) is 0 Å². The fraction of sp³-hybridized carbons (Fsp3) is 0.700. The third-order valence-corrected chi connectivity index (χ3v) is 2.29. The minimum atomic E-state index is -0.412. The Kier molecular flexibility index (Phi) is 3.95. The Morgan fingerprint density at radius 3 is 2.50 bits per heavy atom. The molecular weight excluding hydrogens is 180 g/mol. The van der Waals surface area contributed by atoms with Gasteiger partial charge in [-0.05, 0) is 13.3 Å². The second kappa shape index (κ2) is 5.00. The van der Waals surface area contributed by atoms with E-state index in [4.69, 9.17) is 0 Å². The first-order chi connectivity index (χ1) is 6.69. The van der Waals surface area contributed by atoms with Crippen LogP contribution in [0.5, 0.6) is 0 Å². The summed E-state index contributed by atoms with van der Waals surface area (Å²) in [6.07, 6.45) is 4.74. The second-order valence-corrected chi connectivity index (χ2v) is 3.46. The highest BCUT2D eigenvalue weighted by atomic mass is 16.3. The first kappa shape index (κ1) is 11.0. The van der Waals surface area contributed by atoms with Crippen LogP contribution < -0.4 is 5.69 Å². The summed E-state index contributed by atoms with van der Waals surface area (Å²) in [5, 5.41) is 9.54. The summed E-state index contributed by atoms with van der Waals surface area (Å²) in [6.45, 7) is 5.02. The standard InChI is InChI=1S/C10H18N2O2/c1-3-5-9(13)8-12-7-6-11(4-2)10(12)14/h6-7,9,13H,3-5,8H2,1-2H3. The minimum Gasteiger partial charge on any atom is -0.391 e. The molecule has 0 saturated heterocycles. The van der Waals surface area contributed by atoms with Crippen molar-refractivity contribution in [2.75, 3.05) is 0 Å². The summed E-state index contributed by atoms with van der Waals surface area (Å²) < 4.78 is 3.18. The second-order valence-electron chi connectivity index (χ2n) is 3.46. The Labute approximate surface area is 83.8 Å². The third-order valence-electron chi connectivity index (χ3n) is 2.29. The highest BCUT2D eigenvalue weighted by molar-refractivity contribution is 4.81. The third kappa shape index (κ3) is 2.48. The molecule has 0 saturated carbocycles. The number of aliphatic hydroxyl groups excluding tert-OH is 1. The maximum Gasteiger partial charge on any atom is 0.328 e. The molecule has 0 radical (unpaired) electrons. The molecule has 80 valence electrons. The molecule has 1 aromatic rings. The lowest BCUT2D eigenvalue weighted by atomic mass is 10.2. The van der Waals surface area contributed by atoms with Crippen LogP contribution in [0.25, 0.3) is 0 Å². The van der Waals surface area contributed by atoms with Gasteiger partial charge in [-0.1, -0.05) is 13.3 Å². The number of imidazole rings is 1. The first-order valence-corrected chi connectivity index (χ1v) is 5.12. The summed E-state index contributed by atoms with van der Waals surface area (Å²) in [4.78, 5) is 11.6. The number of aromatic nitrogens is 2. The number of rotatable bonds is 5. The van der Waals surface area contributed by atoms with Gasteiger partial charge in [0.2, 0.25) is 0 Å². The van der Waals surface area contributed by atoms with E-state index in [2.05, 4.69) is 0 Å². The number of nitrogens with zero attached hydrogens (tertiary/aromatic N) is 2. The summed E-state index contributed by atoms with van der Waals surface area (Å²) in [5.41, 5.74) is -0.0392. The van der Waals surface area contributed by atoms with Crippen LogP contribution in [-0.4, -0.2) is 20.3 Å². The molecule has 4 heteroatoms. The van der Waals surface area contributed by atoms with Gasteiger partial charge >= 0.3 is 5.69 Å². The molecule has 0 amide bonds. The molecule has 1 N–H and O–H groups in total. The van der Waals surface area contributed by atoms with Crippen LogP contribution in [0.4, 0.5) is 0 Å². The van der Waals surface area contributed by atoms with E-state index in [-0.39, 0.29) is 5.69 Å². The highest BCUT2D eigenvalue weighted by Gasteiger charge is 2.07. The van der Waals surface area contributed by atoms with Crippen molar-refractivity contribution in [2.45, 2.75) is 45.9 Å². The number of hydrogen-bond acceptors (Lipinski definition) is 2. The largest absolute Gasteiger partial charge is 0.391 e. The van der Waals surface area contributed by atoms with E-state index < -0.39 is 6.10 Å². The van der Waals surface area contributed by atoms with Gasteiger partial charge in [0, 0.05) is 18.9 Å². The molecule has 1 atom stereocenters. The normalized spacial score (nSPS) is 13.1. The smallest absolute Gasteiger partial charge is 0.328 e. The molecule has 0 aromatic carbocycles. The van der Waals surface area contributed by atoms with Crippen molar-refractivity contribution in [1.82, 2.24) is 9.13 Å². The average Bonchev–Trinajstić information content (AvgIpc) is 2.48. The Morgan fingerprint density at radius 2 is 2.00 bits per heavy atom. The number of aliphatic hydroxyl groups is 1. The van der Waals surface area contributed by atoms with Crippen LogP contribution >= 0.6 is 0 Å². The van der Waals surface area contributed by atoms with Crippen LogP contribution in [0.15, 0.2) is 17.2 Å². The molecule has 0 aliphatic rings. The molecular formula is C10H18N2O2. The fourth-order valence-electron chi connectivity index (χ4n) is 1.48. The maximum atomic E-state index is 11.6. The van der Waals surface area contributed by atoms with E-state index >= 15 is 0 Å². The lowest BCUT2D eigenvalue weighted by Gasteiger charge is -2.08. The van der Waals surface area contributed by atoms with Crippen LogP contribution in [0.3, 0.4) is 0 Å². The lowest BCUT2D eigenvalue weighted by molar-refractivity contribution is 0.142. The van der Waals surface area contributed by atoms with E-state index in [9.17, 15) is 9.90 Å². The average molecular weight is 198 g/mol. The molecule has 0 bridgehead atoms. The molecule has 1 heterocycles. The molecule has 14 heavy (non-hydrogen) atoms. The van der Waals surface area contributed by atoms with Crippen molar-refractivity contribution in [3.63, 3.8) is 0 Å². The summed E-state index contributed by atoms with van der Waals surface area (Å²) in [5.74, 6) is 0. The van der Waals surface area contributed by atoms with Crippen LogP contribution in [0, 0.1) is 0 Å². The molecule has 0 spiro atoms. The number of aryl methyl sites for hydroxylation is 1. The molecule has 1 rings (SSSR count). The quantitative estimate of drug-likeness (QED) is 0.761. The molecule has 0 fully saturated rings. The molecule has 0 aliphatic heterocycles. The molecule has 1 unspecified atom stereocenters. The highest BCUT2D eigenvalue weighted by Crippen LogP contribution is 1.98. The summed E-state index contributed by atoms with van der Waals surface area (Å²) >= 11 is 0. The Bertz CT molecular complexity index is 327. The van der Waals surface area contributed by atoms with Gasteiger partial charge in [0.15, 0.2) is 0 Å². The zero-order chi connectivity index (χ0) is 10.6. The minimum absolute atomic E-state index is 0.0392. The summed E-state index contributed by atoms with van der Waals surface area (Å²) in [7, 11) is 0. The summed E-state index contributed by atoms with van der Waals surface area (Å²) in [6, 6.07) is 0. The fourth-order valence-corrected chi connectivity index (χ4v) is 1.48. The maximum absolute atomic E-state index is 11.6. The Hall–Kier alpha value is -1.03. The Balaban J connectivity index is 2.67. The predicted molar refractivity (Wildman–Crippen MR) is 55.3 cm³/mol. The molecule has 0 aliphatic carbocycles. The van der Waals surface area contributed by atoms with Gasteiger partial charge < -0.3 is 5.11 Å². The van der Waals surface area contributed by atoms with Crippen LogP contribution in [0.1, 0.15) is 26.7 Å². The van der Waals surface area contributed by atoms with Crippen molar-refractivity contribution in [3.8, 4) is 0 Å². The van der Waals surface area contributed by atoms with E-state index in [1.807, 2.05) is 13.8 Å². The van der Waals surface area contributed by atoms with E-state index in [0.717, 1.165) is 12.8 Å². The Morgan fingerprint density at radius 1 is 1.36 bits per heavy atom. The van der Waals surface area contributed by atoms with Crippen molar-refractivity contribution in [2.24, 2.45) is 0 Å². The SMILES string of the molecule is CCCC(O)Cn1ccn(CC)c1=O. The van der Waals surface area contributed by atoms with Gasteiger partial charge in [-0.3, -0.25) is 9.13 Å². The zero-order valence-corrected chi connectivity index (χ0v) is 8.81. The van der Waals surface area contributed by atoms with Crippen LogP contribution in [0.2, 0.25) is 0 Å². The van der Waals surface area contributed by atoms with E-state index in [1.54, 1.807) is 21.5 Å². The van der Waals surface area contributed by atoms with E-state index in [0.29, 0.717) is 13.1 Å². The molecule has 4 nitrogen and oxygen atoms in total. The molecule has 1 aromatic heterocycles. The van der Waals surface area contributed by atoms with Gasteiger partial charge in [0.05, 0.1) is 12.6 Å². The van der Waals surface area contributed by atoms with Crippen LogP contribution in [-0.2, 0) is 13.1 Å². The van der Waals surface area contributed by atoms with Crippen molar-refractivity contribution in [1.29, 1.82) is 0 Å². The zero-order valence-electron chi connectivity index (χ0n) is 8.81. The van der Waals surface area contributed by atoms with Gasteiger partial charge in [-0.2, -0.15) is 0 Å². The predicted octanol–water partition coefficient (Wildman–Crippen LogP) is 0.831. The van der Waals surface area contributed by atoms with Crippen molar-refractivity contribution < 1.29 is 5.11 Å².